The van der Waals surface area contributed by atoms with Crippen LogP contribution in [0.25, 0.3) is 0 Å². The number of anilines is 3. The molecule has 126 valence electrons. The van der Waals surface area contributed by atoms with Crippen molar-refractivity contribution < 1.29 is 4.79 Å². The van der Waals surface area contributed by atoms with Gasteiger partial charge in [-0.1, -0.05) is 29.8 Å². The fourth-order valence-electron chi connectivity index (χ4n) is 2.37. The second kappa shape index (κ2) is 7.32. The number of carbonyl (C=O) groups excluding carboxylic acids is 1. The smallest absolute Gasteiger partial charge is 0.258 e. The molecule has 2 aromatic carbocycles. The Hall–Kier alpha value is -2.92. The molecule has 0 saturated heterocycles. The van der Waals surface area contributed by atoms with Crippen molar-refractivity contribution >= 4 is 34.8 Å². The number of rotatable bonds is 4. The molecular weight excluding hydrogens is 336 g/mol. The third-order valence-electron chi connectivity index (χ3n) is 3.73. The molecule has 5 nitrogen and oxygen atoms in total. The molecule has 0 aliphatic carbocycles. The van der Waals surface area contributed by atoms with Crippen LogP contribution in [-0.2, 0) is 0 Å². The van der Waals surface area contributed by atoms with Crippen LogP contribution in [0, 0.1) is 13.8 Å². The highest BCUT2D eigenvalue weighted by atomic mass is 35.5. The number of hydrogen-bond acceptors (Lipinski definition) is 4. The summed E-state index contributed by atoms with van der Waals surface area (Å²) in [5, 5.41) is 6.63. The van der Waals surface area contributed by atoms with Gasteiger partial charge in [-0.3, -0.25) is 4.79 Å². The van der Waals surface area contributed by atoms with Gasteiger partial charge >= 0.3 is 0 Å². The fraction of sp³-hybridized carbons (Fsp3) is 0.105. The summed E-state index contributed by atoms with van der Waals surface area (Å²) < 4.78 is 0. The van der Waals surface area contributed by atoms with E-state index in [0.29, 0.717) is 16.5 Å². The van der Waals surface area contributed by atoms with Gasteiger partial charge in [0.2, 0.25) is 5.95 Å². The van der Waals surface area contributed by atoms with E-state index in [-0.39, 0.29) is 5.91 Å². The monoisotopic (exact) mass is 352 g/mol. The first kappa shape index (κ1) is 16.9. The van der Waals surface area contributed by atoms with Gasteiger partial charge in [-0.15, -0.1) is 0 Å². The zero-order valence-electron chi connectivity index (χ0n) is 13.9. The van der Waals surface area contributed by atoms with Crippen molar-refractivity contribution in [3.8, 4) is 0 Å². The van der Waals surface area contributed by atoms with Crippen molar-refractivity contribution in [2.45, 2.75) is 13.8 Å². The van der Waals surface area contributed by atoms with Gasteiger partial charge in [0.05, 0.1) is 5.56 Å². The van der Waals surface area contributed by atoms with Crippen molar-refractivity contribution in [1.82, 2.24) is 9.97 Å². The van der Waals surface area contributed by atoms with Gasteiger partial charge in [-0.2, -0.15) is 0 Å². The van der Waals surface area contributed by atoms with E-state index in [1.54, 1.807) is 12.1 Å². The number of halogens is 1. The molecule has 3 rings (SSSR count). The van der Waals surface area contributed by atoms with Gasteiger partial charge in [0, 0.05) is 28.8 Å². The summed E-state index contributed by atoms with van der Waals surface area (Å²) in [5.74, 6) is 0.168. The SMILES string of the molecule is Cc1cccc(C)c1NC(=O)c1cnc(Nc2ccc(Cl)cc2)nc1. The van der Waals surface area contributed by atoms with E-state index in [1.165, 1.54) is 12.4 Å². The van der Waals surface area contributed by atoms with E-state index in [1.807, 2.05) is 44.2 Å². The van der Waals surface area contributed by atoms with Crippen LogP contribution in [0.15, 0.2) is 54.9 Å². The van der Waals surface area contributed by atoms with E-state index in [4.69, 9.17) is 11.6 Å². The Morgan fingerprint density at radius 1 is 0.960 bits per heavy atom. The zero-order valence-corrected chi connectivity index (χ0v) is 14.6. The summed E-state index contributed by atoms with van der Waals surface area (Å²) >= 11 is 5.86. The van der Waals surface area contributed by atoms with E-state index < -0.39 is 0 Å². The number of hydrogen-bond donors (Lipinski definition) is 2. The molecule has 25 heavy (non-hydrogen) atoms. The number of nitrogens with zero attached hydrogens (tertiary/aromatic N) is 2. The van der Waals surface area contributed by atoms with Gasteiger partial charge in [-0.05, 0) is 49.2 Å². The van der Waals surface area contributed by atoms with Crippen molar-refractivity contribution in [3.63, 3.8) is 0 Å². The Morgan fingerprint density at radius 3 is 2.16 bits per heavy atom. The largest absolute Gasteiger partial charge is 0.324 e. The number of para-hydroxylation sites is 1. The van der Waals surface area contributed by atoms with Crippen molar-refractivity contribution in [1.29, 1.82) is 0 Å². The summed E-state index contributed by atoms with van der Waals surface area (Å²) in [6, 6.07) is 13.1. The number of nitrogens with one attached hydrogen (secondary N) is 2. The molecule has 0 aliphatic heterocycles. The highest BCUT2D eigenvalue weighted by molar-refractivity contribution is 6.30. The Bertz CT molecular complexity index is 872. The normalized spacial score (nSPS) is 10.4. The zero-order chi connectivity index (χ0) is 17.8. The number of benzene rings is 2. The number of carbonyl (C=O) groups is 1. The highest BCUT2D eigenvalue weighted by Crippen LogP contribution is 2.20. The molecule has 0 radical (unpaired) electrons. The lowest BCUT2D eigenvalue weighted by Gasteiger charge is -2.11. The van der Waals surface area contributed by atoms with Gasteiger partial charge in [0.25, 0.3) is 5.91 Å². The van der Waals surface area contributed by atoms with Crippen LogP contribution in [0.3, 0.4) is 0 Å². The van der Waals surface area contributed by atoms with Crippen LogP contribution >= 0.6 is 11.6 Å². The van der Waals surface area contributed by atoms with Crippen LogP contribution in [-0.4, -0.2) is 15.9 Å². The molecule has 1 amide bonds. The van der Waals surface area contributed by atoms with Gasteiger partial charge < -0.3 is 10.6 Å². The molecule has 0 spiro atoms. The molecule has 0 fully saturated rings. The standard InChI is InChI=1S/C19H17ClN4O/c1-12-4-3-5-13(2)17(12)24-18(25)14-10-21-19(22-11-14)23-16-8-6-15(20)7-9-16/h3-11H,1-2H3,(H,24,25)(H,21,22,23). The number of aryl methyl sites for hydroxylation is 2. The van der Waals surface area contributed by atoms with Crippen LogP contribution in [0.5, 0.6) is 0 Å². The molecule has 0 atom stereocenters. The minimum absolute atomic E-state index is 0.240. The molecular formula is C19H17ClN4O. The molecule has 3 aromatic rings. The second-order valence-corrected chi connectivity index (χ2v) is 6.08. The van der Waals surface area contributed by atoms with E-state index in [0.717, 1.165) is 22.5 Å². The van der Waals surface area contributed by atoms with Crippen molar-refractivity contribution in [3.05, 3.63) is 76.6 Å². The summed E-state index contributed by atoms with van der Waals surface area (Å²) in [4.78, 5) is 20.8. The van der Waals surface area contributed by atoms with Crippen LogP contribution in [0.4, 0.5) is 17.3 Å². The first-order valence-electron chi connectivity index (χ1n) is 7.75. The average molecular weight is 353 g/mol. The van der Waals surface area contributed by atoms with Crippen LogP contribution in [0.1, 0.15) is 21.5 Å². The molecule has 1 aromatic heterocycles. The number of amides is 1. The van der Waals surface area contributed by atoms with Gasteiger partial charge in [0.15, 0.2) is 0 Å². The second-order valence-electron chi connectivity index (χ2n) is 5.65. The van der Waals surface area contributed by atoms with Gasteiger partial charge in [-0.25, -0.2) is 9.97 Å². The average Bonchev–Trinajstić information content (AvgIpc) is 2.61. The van der Waals surface area contributed by atoms with E-state index in [9.17, 15) is 4.79 Å². The predicted octanol–water partition coefficient (Wildman–Crippen LogP) is 4.74. The van der Waals surface area contributed by atoms with Crippen molar-refractivity contribution in [2.24, 2.45) is 0 Å². The molecule has 0 unspecified atom stereocenters. The molecule has 1 heterocycles. The highest BCUT2D eigenvalue weighted by Gasteiger charge is 2.11. The Morgan fingerprint density at radius 2 is 1.56 bits per heavy atom. The quantitative estimate of drug-likeness (QED) is 0.711. The fourth-order valence-corrected chi connectivity index (χ4v) is 2.50. The molecule has 6 heteroatoms. The molecule has 0 saturated carbocycles. The molecule has 0 bridgehead atoms. The Labute approximate surface area is 151 Å². The van der Waals surface area contributed by atoms with Crippen LogP contribution in [0.2, 0.25) is 5.02 Å². The maximum Gasteiger partial charge on any atom is 0.258 e. The maximum absolute atomic E-state index is 12.4. The molecule has 2 N–H and O–H groups in total. The summed E-state index contributed by atoms with van der Waals surface area (Å²) in [7, 11) is 0. The van der Waals surface area contributed by atoms with Crippen molar-refractivity contribution in [2.75, 3.05) is 10.6 Å². The third-order valence-corrected chi connectivity index (χ3v) is 3.99. The number of aromatic nitrogens is 2. The summed E-state index contributed by atoms with van der Waals surface area (Å²) in [5.41, 5.74) is 4.04. The predicted molar refractivity (Wildman–Crippen MR) is 101 cm³/mol. The minimum atomic E-state index is -0.240. The first-order valence-corrected chi connectivity index (χ1v) is 8.13. The van der Waals surface area contributed by atoms with E-state index in [2.05, 4.69) is 20.6 Å². The topological polar surface area (TPSA) is 66.9 Å². The van der Waals surface area contributed by atoms with Crippen LogP contribution < -0.4 is 10.6 Å². The summed E-state index contributed by atoms with van der Waals surface area (Å²) in [6.45, 7) is 3.91. The Balaban J connectivity index is 1.71. The minimum Gasteiger partial charge on any atom is -0.324 e. The molecule has 0 aliphatic rings. The van der Waals surface area contributed by atoms with E-state index >= 15 is 0 Å². The lowest BCUT2D eigenvalue weighted by atomic mass is 10.1. The maximum atomic E-state index is 12.4. The summed E-state index contributed by atoms with van der Waals surface area (Å²) in [6.07, 6.45) is 2.99. The van der Waals surface area contributed by atoms with Gasteiger partial charge in [0.1, 0.15) is 0 Å². The third kappa shape index (κ3) is 4.14. The Kier molecular flexibility index (Phi) is 4.95. The lowest BCUT2D eigenvalue weighted by Crippen LogP contribution is -2.14. The first-order chi connectivity index (χ1) is 12.0. The lowest BCUT2D eigenvalue weighted by molar-refractivity contribution is 0.102.